The van der Waals surface area contributed by atoms with Gasteiger partial charge in [0, 0.05) is 18.1 Å². The van der Waals surface area contributed by atoms with Crippen molar-refractivity contribution in [3.8, 4) is 0 Å². The molecule has 1 N–H and O–H groups in total. The third-order valence-corrected chi connectivity index (χ3v) is 2.87. The average molecular weight is 169 g/mol. The van der Waals surface area contributed by atoms with Crippen LogP contribution in [0.5, 0.6) is 0 Å². The Kier molecular flexibility index (Phi) is 2.19. The smallest absolute Gasteiger partial charge is 0.121 e. The van der Waals surface area contributed by atoms with E-state index in [1.165, 1.54) is 5.75 Å². The van der Waals surface area contributed by atoms with E-state index in [0.717, 1.165) is 18.1 Å². The van der Waals surface area contributed by atoms with Gasteiger partial charge in [-0.2, -0.15) is 11.8 Å². The molecule has 11 heavy (non-hydrogen) atoms. The largest absolute Gasteiger partial charge is 0.468 e. The number of thioether (sulfide) groups is 1. The zero-order valence-corrected chi connectivity index (χ0v) is 7.06. The highest BCUT2D eigenvalue weighted by Crippen LogP contribution is 2.21. The molecule has 0 aliphatic carbocycles. The first-order valence-corrected chi connectivity index (χ1v) is 4.97. The maximum Gasteiger partial charge on any atom is 0.121 e. The molecule has 0 spiro atoms. The van der Waals surface area contributed by atoms with Gasteiger partial charge in [-0.25, -0.2) is 0 Å². The summed E-state index contributed by atoms with van der Waals surface area (Å²) in [6.45, 7) is 1.09. The Balaban J connectivity index is 2.04. The third-order valence-electron chi connectivity index (χ3n) is 1.81. The number of nitrogens with one attached hydrogen (secondary N) is 1. The molecule has 1 aliphatic heterocycles. The predicted molar refractivity (Wildman–Crippen MR) is 46.8 cm³/mol. The molecule has 1 aromatic heterocycles. The van der Waals surface area contributed by atoms with Crippen molar-refractivity contribution in [1.82, 2.24) is 5.32 Å². The van der Waals surface area contributed by atoms with Gasteiger partial charge in [-0.05, 0) is 12.1 Å². The highest BCUT2D eigenvalue weighted by Gasteiger charge is 2.16. The van der Waals surface area contributed by atoms with Gasteiger partial charge in [0.05, 0.1) is 12.3 Å². The van der Waals surface area contributed by atoms with Crippen LogP contribution < -0.4 is 5.32 Å². The maximum absolute atomic E-state index is 5.30. The Hall–Kier alpha value is -0.410. The molecule has 0 bridgehead atoms. The summed E-state index contributed by atoms with van der Waals surface area (Å²) in [5.74, 6) is 3.42. The minimum absolute atomic E-state index is 0.434. The van der Waals surface area contributed by atoms with Crippen LogP contribution >= 0.6 is 11.8 Å². The minimum atomic E-state index is 0.434. The van der Waals surface area contributed by atoms with Crippen molar-refractivity contribution < 1.29 is 4.42 Å². The Morgan fingerprint density at radius 3 is 3.27 bits per heavy atom. The molecule has 2 nitrogen and oxygen atoms in total. The third kappa shape index (κ3) is 1.60. The summed E-state index contributed by atoms with van der Waals surface area (Å²) in [6.07, 6.45) is 1.73. The molecular formula is C8H11NOS. The molecule has 3 heteroatoms. The van der Waals surface area contributed by atoms with Gasteiger partial charge in [0.2, 0.25) is 0 Å². The van der Waals surface area contributed by atoms with Crippen LogP contribution in [0.15, 0.2) is 22.8 Å². The quantitative estimate of drug-likeness (QED) is 0.692. The molecule has 1 unspecified atom stereocenters. The Labute approximate surface area is 70.4 Å². The molecule has 1 aliphatic rings. The van der Waals surface area contributed by atoms with Crippen LogP contribution in [0.4, 0.5) is 0 Å². The van der Waals surface area contributed by atoms with E-state index in [4.69, 9.17) is 4.42 Å². The molecule has 2 rings (SSSR count). The van der Waals surface area contributed by atoms with Crippen LogP contribution in [0, 0.1) is 0 Å². The summed E-state index contributed by atoms with van der Waals surface area (Å²) < 4.78 is 5.30. The van der Waals surface area contributed by atoms with E-state index in [2.05, 4.69) is 5.32 Å². The summed E-state index contributed by atoms with van der Waals surface area (Å²) in [6, 6.07) is 4.41. The van der Waals surface area contributed by atoms with E-state index < -0.39 is 0 Å². The molecule has 0 radical (unpaired) electrons. The summed E-state index contributed by atoms with van der Waals surface area (Å²) in [5.41, 5.74) is 0. The van der Waals surface area contributed by atoms with Crippen molar-refractivity contribution in [3.05, 3.63) is 24.2 Å². The molecule has 0 amide bonds. The Morgan fingerprint density at radius 2 is 2.64 bits per heavy atom. The number of hydrogen-bond acceptors (Lipinski definition) is 3. The summed E-state index contributed by atoms with van der Waals surface area (Å²) in [4.78, 5) is 0. The normalized spacial score (nSPS) is 25.3. The van der Waals surface area contributed by atoms with E-state index in [-0.39, 0.29) is 0 Å². The summed E-state index contributed by atoms with van der Waals surface area (Å²) in [5, 5.41) is 3.41. The van der Waals surface area contributed by atoms with Crippen LogP contribution in [-0.4, -0.2) is 18.1 Å². The SMILES string of the molecule is c1coc(C2CSCCN2)c1. The Morgan fingerprint density at radius 1 is 1.64 bits per heavy atom. The number of rotatable bonds is 1. The first-order valence-electron chi connectivity index (χ1n) is 3.81. The standard InChI is InChI=1S/C8H11NOS/c1-2-8(10-4-1)7-6-11-5-3-9-7/h1-2,4,7,9H,3,5-6H2. The second-order valence-electron chi connectivity index (χ2n) is 2.60. The Bertz CT molecular complexity index is 204. The average Bonchev–Trinajstić information content (AvgIpc) is 2.58. The van der Waals surface area contributed by atoms with E-state index in [1.54, 1.807) is 6.26 Å². The topological polar surface area (TPSA) is 25.2 Å². The lowest BCUT2D eigenvalue weighted by Gasteiger charge is -2.20. The van der Waals surface area contributed by atoms with Crippen LogP contribution in [0.3, 0.4) is 0 Å². The molecule has 1 aromatic rings. The predicted octanol–water partition coefficient (Wildman–Crippen LogP) is 1.66. The van der Waals surface area contributed by atoms with Crippen LogP contribution in [0.25, 0.3) is 0 Å². The van der Waals surface area contributed by atoms with Crippen LogP contribution in [-0.2, 0) is 0 Å². The van der Waals surface area contributed by atoms with Gasteiger partial charge in [-0.3, -0.25) is 0 Å². The van der Waals surface area contributed by atoms with Gasteiger partial charge >= 0.3 is 0 Å². The van der Waals surface area contributed by atoms with E-state index >= 15 is 0 Å². The van der Waals surface area contributed by atoms with Crippen molar-refractivity contribution in [3.63, 3.8) is 0 Å². The lowest BCUT2D eigenvalue weighted by Crippen LogP contribution is -2.29. The fourth-order valence-corrected chi connectivity index (χ4v) is 2.18. The van der Waals surface area contributed by atoms with Crippen molar-refractivity contribution in [2.24, 2.45) is 0 Å². The summed E-state index contributed by atoms with van der Waals surface area (Å²) in [7, 11) is 0. The van der Waals surface area contributed by atoms with Crippen molar-refractivity contribution in [2.45, 2.75) is 6.04 Å². The molecule has 1 saturated heterocycles. The molecule has 0 aromatic carbocycles. The fourth-order valence-electron chi connectivity index (χ4n) is 1.24. The second kappa shape index (κ2) is 3.32. The van der Waals surface area contributed by atoms with Crippen molar-refractivity contribution in [1.29, 1.82) is 0 Å². The molecule has 1 atom stereocenters. The van der Waals surface area contributed by atoms with E-state index in [0.29, 0.717) is 6.04 Å². The minimum Gasteiger partial charge on any atom is -0.468 e. The number of furan rings is 1. The zero-order valence-electron chi connectivity index (χ0n) is 6.25. The van der Waals surface area contributed by atoms with Gasteiger partial charge in [0.25, 0.3) is 0 Å². The van der Waals surface area contributed by atoms with Crippen molar-refractivity contribution >= 4 is 11.8 Å². The maximum atomic E-state index is 5.30. The molecular weight excluding hydrogens is 158 g/mol. The molecule has 2 heterocycles. The lowest BCUT2D eigenvalue weighted by atomic mass is 10.2. The lowest BCUT2D eigenvalue weighted by molar-refractivity contribution is 0.437. The van der Waals surface area contributed by atoms with Gasteiger partial charge in [0.1, 0.15) is 5.76 Å². The first-order chi connectivity index (χ1) is 5.47. The van der Waals surface area contributed by atoms with E-state index in [1.807, 2.05) is 23.9 Å². The molecule has 60 valence electrons. The van der Waals surface area contributed by atoms with Crippen LogP contribution in [0.2, 0.25) is 0 Å². The van der Waals surface area contributed by atoms with Gasteiger partial charge in [-0.1, -0.05) is 0 Å². The zero-order chi connectivity index (χ0) is 7.52. The highest BCUT2D eigenvalue weighted by molar-refractivity contribution is 7.99. The fraction of sp³-hybridized carbons (Fsp3) is 0.500. The summed E-state index contributed by atoms with van der Waals surface area (Å²) >= 11 is 1.98. The van der Waals surface area contributed by atoms with Gasteiger partial charge in [-0.15, -0.1) is 0 Å². The molecule has 1 fully saturated rings. The second-order valence-corrected chi connectivity index (χ2v) is 3.75. The first kappa shape index (κ1) is 7.25. The van der Waals surface area contributed by atoms with Gasteiger partial charge in [0.15, 0.2) is 0 Å². The van der Waals surface area contributed by atoms with E-state index in [9.17, 15) is 0 Å². The van der Waals surface area contributed by atoms with Crippen molar-refractivity contribution in [2.75, 3.05) is 18.1 Å². The monoisotopic (exact) mass is 169 g/mol. The number of hydrogen-bond donors (Lipinski definition) is 1. The molecule has 0 saturated carbocycles. The van der Waals surface area contributed by atoms with Gasteiger partial charge < -0.3 is 9.73 Å². The highest BCUT2D eigenvalue weighted by atomic mass is 32.2. The van der Waals surface area contributed by atoms with Crippen LogP contribution in [0.1, 0.15) is 11.8 Å².